The molecule has 1 fully saturated rings. The summed E-state index contributed by atoms with van der Waals surface area (Å²) in [6.07, 6.45) is -1.14. The third-order valence-electron chi connectivity index (χ3n) is 4.26. The predicted octanol–water partition coefficient (Wildman–Crippen LogP) is 2.74. The predicted molar refractivity (Wildman–Crippen MR) is 110 cm³/mol. The van der Waals surface area contributed by atoms with E-state index in [9.17, 15) is 18.0 Å². The van der Waals surface area contributed by atoms with Gasteiger partial charge < -0.3 is 10.1 Å². The van der Waals surface area contributed by atoms with Crippen LogP contribution in [0.4, 0.5) is 10.5 Å². The van der Waals surface area contributed by atoms with Gasteiger partial charge in [-0.1, -0.05) is 11.6 Å². The molecule has 0 saturated carbocycles. The molecule has 2 amide bonds. The molecule has 0 bridgehead atoms. The lowest BCUT2D eigenvalue weighted by atomic mass is 10.1. The highest BCUT2D eigenvalue weighted by molar-refractivity contribution is 7.86. The number of ether oxygens (including phenoxy) is 1. The van der Waals surface area contributed by atoms with E-state index in [1.54, 1.807) is 55.5 Å². The average Bonchev–Trinajstić information content (AvgIpc) is 2.94. The summed E-state index contributed by atoms with van der Waals surface area (Å²) in [5.74, 6) is -0.588. The minimum atomic E-state index is -3.80. The molecule has 9 nitrogen and oxygen atoms in total. The van der Waals surface area contributed by atoms with Gasteiger partial charge >= 0.3 is 6.09 Å². The van der Waals surface area contributed by atoms with Crippen molar-refractivity contribution in [1.82, 2.24) is 5.32 Å². The number of rotatable bonds is 5. The van der Waals surface area contributed by atoms with Crippen LogP contribution in [0.2, 0.25) is 5.02 Å². The third-order valence-corrected chi connectivity index (χ3v) is 5.05. The van der Waals surface area contributed by atoms with E-state index in [2.05, 4.69) is 5.32 Å². The van der Waals surface area contributed by atoms with Crippen LogP contribution in [0.5, 0.6) is 0 Å². The van der Waals surface area contributed by atoms with Crippen LogP contribution >= 0.6 is 11.6 Å². The largest absolute Gasteiger partial charge is 0.417 e. The molecule has 1 aliphatic rings. The van der Waals surface area contributed by atoms with Crippen molar-refractivity contribution in [3.63, 3.8) is 0 Å². The molecule has 2 atom stereocenters. The molecular formula is C19H18ClN3O6S. The van der Waals surface area contributed by atoms with Gasteiger partial charge in [0.15, 0.2) is 0 Å². The maximum Gasteiger partial charge on any atom is 0.417 e. The first-order valence-corrected chi connectivity index (χ1v) is 10.9. The number of hydrogen-bond acceptors (Lipinski definition) is 7. The second kappa shape index (κ2) is 8.42. The van der Waals surface area contributed by atoms with E-state index in [1.807, 2.05) is 0 Å². The minimum Gasteiger partial charge on any atom is -0.416 e. The highest BCUT2D eigenvalue weighted by Gasteiger charge is 2.42. The smallest absolute Gasteiger partial charge is 0.416 e. The molecule has 1 heterocycles. The molecule has 2 aromatic carbocycles. The lowest BCUT2D eigenvalue weighted by Gasteiger charge is -2.20. The van der Waals surface area contributed by atoms with E-state index in [1.165, 1.54) is 4.90 Å². The normalized spacial score (nSPS) is 18.8. The molecule has 1 aliphatic heterocycles. The molecule has 2 unspecified atom stereocenters. The maximum absolute atomic E-state index is 12.2. The lowest BCUT2D eigenvalue weighted by molar-refractivity contribution is -0.00472. The Morgan fingerprint density at radius 2 is 1.70 bits per heavy atom. The molecule has 3 rings (SSSR count). The van der Waals surface area contributed by atoms with Crippen LogP contribution in [-0.2, 0) is 19.0 Å². The highest BCUT2D eigenvalue weighted by atomic mass is 35.5. The molecule has 2 N–H and O–H groups in total. The zero-order valence-electron chi connectivity index (χ0n) is 16.0. The van der Waals surface area contributed by atoms with E-state index in [0.29, 0.717) is 21.8 Å². The van der Waals surface area contributed by atoms with Gasteiger partial charge in [0.2, 0.25) is 6.29 Å². The van der Waals surface area contributed by atoms with Crippen LogP contribution in [0.25, 0.3) is 0 Å². The van der Waals surface area contributed by atoms with Gasteiger partial charge in [0.1, 0.15) is 11.9 Å². The Bertz CT molecular complexity index is 1090. The zero-order valence-corrected chi connectivity index (χ0v) is 17.5. The number of carbonyl (C=O) groups is 2. The summed E-state index contributed by atoms with van der Waals surface area (Å²) >= 11 is 5.80. The van der Waals surface area contributed by atoms with Crippen molar-refractivity contribution in [3.05, 3.63) is 64.7 Å². The number of benzene rings is 2. The first-order chi connectivity index (χ1) is 14.0. The maximum atomic E-state index is 12.2. The number of amides is 2. The van der Waals surface area contributed by atoms with Crippen molar-refractivity contribution < 1.29 is 26.9 Å². The zero-order chi connectivity index (χ0) is 22.1. The van der Waals surface area contributed by atoms with Gasteiger partial charge in [-0.3, -0.25) is 15.1 Å². The lowest BCUT2D eigenvalue weighted by Crippen LogP contribution is -2.36. The van der Waals surface area contributed by atoms with Crippen LogP contribution in [-0.4, -0.2) is 44.8 Å². The molecule has 0 spiro atoms. The average molecular weight is 452 g/mol. The van der Waals surface area contributed by atoms with Gasteiger partial charge in [-0.2, -0.15) is 8.42 Å². The molecule has 0 aliphatic carbocycles. The number of halogens is 1. The topological polar surface area (TPSA) is 126 Å². The van der Waals surface area contributed by atoms with E-state index < -0.39 is 34.5 Å². The Balaban J connectivity index is 1.70. The summed E-state index contributed by atoms with van der Waals surface area (Å²) in [4.78, 5) is 25.6. The summed E-state index contributed by atoms with van der Waals surface area (Å²) in [7, 11) is -3.80. The first kappa shape index (κ1) is 21.8. The number of cyclic esters (lactones) is 1. The Morgan fingerprint density at radius 3 is 2.27 bits per heavy atom. The van der Waals surface area contributed by atoms with Crippen LogP contribution in [0.15, 0.2) is 48.5 Å². The number of amidine groups is 1. The SMILES string of the molecule is CC1C(OS(C)(=O)=O)OC(=O)N1c1ccc(C(=N)NC(=O)c2ccc(Cl)cc2)cc1. The Kier molecular flexibility index (Phi) is 6.11. The molecule has 11 heteroatoms. The summed E-state index contributed by atoms with van der Waals surface area (Å²) in [5, 5.41) is 11.1. The Hall–Kier alpha value is -2.95. The van der Waals surface area contributed by atoms with Crippen molar-refractivity contribution in [2.24, 2.45) is 0 Å². The first-order valence-electron chi connectivity index (χ1n) is 8.69. The second-order valence-electron chi connectivity index (χ2n) is 6.55. The number of hydrogen-bond donors (Lipinski definition) is 2. The van der Waals surface area contributed by atoms with Crippen LogP contribution in [0, 0.1) is 5.41 Å². The monoisotopic (exact) mass is 451 g/mol. The van der Waals surface area contributed by atoms with Crippen molar-refractivity contribution in [1.29, 1.82) is 5.41 Å². The van der Waals surface area contributed by atoms with Crippen molar-refractivity contribution in [3.8, 4) is 0 Å². The van der Waals surface area contributed by atoms with Crippen molar-refractivity contribution in [2.75, 3.05) is 11.2 Å². The van der Waals surface area contributed by atoms with Crippen molar-refractivity contribution >= 4 is 45.2 Å². The van der Waals surface area contributed by atoms with Gasteiger partial charge in [-0.25, -0.2) is 8.98 Å². The number of anilines is 1. The molecule has 0 radical (unpaired) electrons. The third kappa shape index (κ3) is 4.96. The standard InChI is InChI=1S/C19H18ClN3O6S/c1-11-18(29-30(2,26)27)28-19(25)23(11)15-9-5-12(6-10-15)16(21)22-17(24)13-3-7-14(20)8-4-13/h3-11,18H,1-2H3,(H2,21,22,24). The molecule has 30 heavy (non-hydrogen) atoms. The number of carbonyl (C=O) groups excluding carboxylic acids is 2. The Morgan fingerprint density at radius 1 is 1.13 bits per heavy atom. The minimum absolute atomic E-state index is 0.128. The number of nitrogens with one attached hydrogen (secondary N) is 2. The molecule has 158 valence electrons. The molecule has 1 saturated heterocycles. The molecule has 0 aromatic heterocycles. The fourth-order valence-electron chi connectivity index (χ4n) is 2.80. The fourth-order valence-corrected chi connectivity index (χ4v) is 3.47. The van der Waals surface area contributed by atoms with Gasteiger partial charge in [0.25, 0.3) is 16.0 Å². The molecule has 2 aromatic rings. The van der Waals surface area contributed by atoms with Gasteiger partial charge in [0, 0.05) is 21.8 Å². The fraction of sp³-hybridized carbons (Fsp3) is 0.211. The van der Waals surface area contributed by atoms with Gasteiger partial charge in [-0.05, 0) is 55.5 Å². The van der Waals surface area contributed by atoms with Gasteiger partial charge in [0.05, 0.1) is 6.26 Å². The van der Waals surface area contributed by atoms with Crippen molar-refractivity contribution in [2.45, 2.75) is 19.3 Å². The van der Waals surface area contributed by atoms with E-state index in [0.717, 1.165) is 6.26 Å². The summed E-state index contributed by atoms with van der Waals surface area (Å²) in [6, 6.07) is 11.7. The van der Waals surface area contributed by atoms with Gasteiger partial charge in [-0.15, -0.1) is 0 Å². The van der Waals surface area contributed by atoms with E-state index in [4.69, 9.17) is 25.9 Å². The highest BCUT2D eigenvalue weighted by Crippen LogP contribution is 2.28. The van der Waals surface area contributed by atoms with E-state index in [-0.39, 0.29) is 5.84 Å². The number of nitrogens with zero attached hydrogens (tertiary/aromatic N) is 1. The van der Waals surface area contributed by atoms with E-state index >= 15 is 0 Å². The van der Waals surface area contributed by atoms with Crippen LogP contribution in [0.1, 0.15) is 22.8 Å². The Labute approximate surface area is 178 Å². The van der Waals surface area contributed by atoms with Crippen LogP contribution < -0.4 is 10.2 Å². The summed E-state index contributed by atoms with van der Waals surface area (Å²) in [6.45, 7) is 1.59. The quantitative estimate of drug-likeness (QED) is 0.409. The summed E-state index contributed by atoms with van der Waals surface area (Å²) < 4.78 is 32.4. The molecular weight excluding hydrogens is 434 g/mol. The summed E-state index contributed by atoms with van der Waals surface area (Å²) in [5.41, 5.74) is 1.18. The second-order valence-corrected chi connectivity index (χ2v) is 8.58. The van der Waals surface area contributed by atoms with Crippen LogP contribution in [0.3, 0.4) is 0 Å².